The first-order chi connectivity index (χ1) is 20.6. The Bertz CT molecular complexity index is 715. The second-order valence-corrected chi connectivity index (χ2v) is 10.5. The standard InChI is InChI=1S/C27H58N8O8/c1-27(2,3)43-26(38)33-9-17-42-21-20-41-16-8-32-25(37)23-35(11-5-29)13-12-34(10-4-28)22-24(36)31-7-15-40-19-18-39-14-6-30/h4-23,28-30H2,1-3H3,(H,31,36)(H,32,37)(H,33,38). The Morgan fingerprint density at radius 2 is 0.953 bits per heavy atom. The van der Waals surface area contributed by atoms with Gasteiger partial charge in [0.15, 0.2) is 0 Å². The molecule has 0 aromatic rings. The molecule has 16 nitrogen and oxygen atoms in total. The summed E-state index contributed by atoms with van der Waals surface area (Å²) in [6, 6.07) is 0. The third-order valence-corrected chi connectivity index (χ3v) is 5.42. The number of ether oxygens (including phenoxy) is 5. The van der Waals surface area contributed by atoms with Crippen LogP contribution in [0, 0.1) is 0 Å². The molecule has 0 heterocycles. The van der Waals surface area contributed by atoms with Gasteiger partial charge in [-0.05, 0) is 20.8 Å². The van der Waals surface area contributed by atoms with E-state index in [9.17, 15) is 14.4 Å². The number of carbonyl (C=O) groups is 3. The highest BCUT2D eigenvalue weighted by Gasteiger charge is 2.16. The van der Waals surface area contributed by atoms with Crippen molar-refractivity contribution in [3.05, 3.63) is 0 Å². The third-order valence-electron chi connectivity index (χ3n) is 5.42. The summed E-state index contributed by atoms with van der Waals surface area (Å²) in [5, 5.41) is 8.28. The molecule has 0 aliphatic rings. The number of nitrogens with zero attached hydrogens (tertiary/aromatic N) is 2. The van der Waals surface area contributed by atoms with Crippen LogP contribution in [0.2, 0.25) is 0 Å². The molecule has 254 valence electrons. The molecular formula is C27H58N8O8. The molecule has 3 amide bonds. The van der Waals surface area contributed by atoms with Crippen molar-refractivity contribution in [3.8, 4) is 0 Å². The van der Waals surface area contributed by atoms with Gasteiger partial charge < -0.3 is 56.8 Å². The molecule has 9 N–H and O–H groups in total. The van der Waals surface area contributed by atoms with Gasteiger partial charge in [0.2, 0.25) is 11.8 Å². The van der Waals surface area contributed by atoms with Crippen molar-refractivity contribution in [1.29, 1.82) is 0 Å². The Labute approximate surface area is 256 Å². The Kier molecular flexibility index (Phi) is 26.0. The summed E-state index contributed by atoms with van der Waals surface area (Å²) < 4.78 is 26.6. The molecule has 0 aromatic carbocycles. The van der Waals surface area contributed by atoms with Crippen molar-refractivity contribution in [3.63, 3.8) is 0 Å². The topological polar surface area (TPSA) is 218 Å². The lowest BCUT2D eigenvalue weighted by molar-refractivity contribution is -0.124. The predicted molar refractivity (Wildman–Crippen MR) is 164 cm³/mol. The van der Waals surface area contributed by atoms with Crippen molar-refractivity contribution in [2.75, 3.05) is 131 Å². The van der Waals surface area contributed by atoms with Gasteiger partial charge in [0.1, 0.15) is 5.60 Å². The number of hydrogen-bond donors (Lipinski definition) is 6. The molecule has 0 fully saturated rings. The lowest BCUT2D eigenvalue weighted by atomic mass is 10.2. The minimum atomic E-state index is -0.541. The zero-order valence-electron chi connectivity index (χ0n) is 26.5. The SMILES string of the molecule is CC(C)(C)OC(=O)NCCOCCOCCNC(=O)CN(CCN)CCN(CCN)CC(=O)NCCOCCOCCN. The molecule has 0 aliphatic carbocycles. The van der Waals surface area contributed by atoms with Crippen LogP contribution in [0.5, 0.6) is 0 Å². The van der Waals surface area contributed by atoms with Gasteiger partial charge in [-0.15, -0.1) is 0 Å². The van der Waals surface area contributed by atoms with Crippen LogP contribution in [0.1, 0.15) is 20.8 Å². The highest BCUT2D eigenvalue weighted by Crippen LogP contribution is 2.06. The van der Waals surface area contributed by atoms with E-state index < -0.39 is 11.7 Å². The van der Waals surface area contributed by atoms with E-state index in [4.69, 9.17) is 40.9 Å². The van der Waals surface area contributed by atoms with E-state index in [1.54, 1.807) is 20.8 Å². The van der Waals surface area contributed by atoms with Gasteiger partial charge in [0.25, 0.3) is 0 Å². The lowest BCUT2D eigenvalue weighted by Crippen LogP contribution is -2.46. The van der Waals surface area contributed by atoms with E-state index in [0.29, 0.717) is 118 Å². The smallest absolute Gasteiger partial charge is 0.407 e. The molecule has 0 aliphatic heterocycles. The molecule has 0 saturated heterocycles. The monoisotopic (exact) mass is 622 g/mol. The molecule has 0 rings (SSSR count). The zero-order valence-corrected chi connectivity index (χ0v) is 26.5. The minimum Gasteiger partial charge on any atom is -0.444 e. The number of carbonyl (C=O) groups excluding carboxylic acids is 3. The maximum Gasteiger partial charge on any atom is 0.407 e. The van der Waals surface area contributed by atoms with E-state index in [0.717, 1.165) is 0 Å². The van der Waals surface area contributed by atoms with Crippen molar-refractivity contribution < 1.29 is 38.1 Å². The summed E-state index contributed by atoms with van der Waals surface area (Å²) in [5.41, 5.74) is 16.3. The molecule has 0 atom stereocenters. The Balaban J connectivity index is 4.06. The van der Waals surface area contributed by atoms with Gasteiger partial charge in [-0.25, -0.2) is 4.79 Å². The van der Waals surface area contributed by atoms with Crippen LogP contribution < -0.4 is 33.2 Å². The molecule has 0 aromatic heterocycles. The minimum absolute atomic E-state index is 0.123. The second kappa shape index (κ2) is 27.4. The Morgan fingerprint density at radius 1 is 0.558 bits per heavy atom. The number of alkyl carbamates (subject to hydrolysis) is 1. The van der Waals surface area contributed by atoms with Gasteiger partial charge in [-0.3, -0.25) is 19.4 Å². The van der Waals surface area contributed by atoms with Crippen LogP contribution >= 0.6 is 0 Å². The van der Waals surface area contributed by atoms with Gasteiger partial charge in [0, 0.05) is 65.4 Å². The molecule has 43 heavy (non-hydrogen) atoms. The van der Waals surface area contributed by atoms with Gasteiger partial charge in [0.05, 0.1) is 65.9 Å². The fraction of sp³-hybridized carbons (Fsp3) is 0.889. The highest BCUT2D eigenvalue weighted by atomic mass is 16.6. The van der Waals surface area contributed by atoms with Crippen LogP contribution in [0.25, 0.3) is 0 Å². The van der Waals surface area contributed by atoms with E-state index in [1.807, 2.05) is 9.80 Å². The van der Waals surface area contributed by atoms with E-state index in [-0.39, 0.29) is 24.9 Å². The van der Waals surface area contributed by atoms with Crippen LogP contribution in [0.3, 0.4) is 0 Å². The number of nitrogens with two attached hydrogens (primary N) is 3. The normalized spacial score (nSPS) is 11.6. The van der Waals surface area contributed by atoms with E-state index >= 15 is 0 Å². The summed E-state index contributed by atoms with van der Waals surface area (Å²) in [6.07, 6.45) is -0.483. The molecule has 0 bridgehead atoms. The van der Waals surface area contributed by atoms with Crippen LogP contribution in [0.4, 0.5) is 4.79 Å². The number of nitrogens with one attached hydrogen (secondary N) is 3. The quantitative estimate of drug-likeness (QED) is 0.0490. The first kappa shape index (κ1) is 40.9. The molecular weight excluding hydrogens is 564 g/mol. The summed E-state index contributed by atoms with van der Waals surface area (Å²) in [4.78, 5) is 40.2. The van der Waals surface area contributed by atoms with Crippen molar-refractivity contribution in [1.82, 2.24) is 25.8 Å². The number of rotatable bonds is 28. The van der Waals surface area contributed by atoms with Gasteiger partial charge in [-0.2, -0.15) is 0 Å². The second-order valence-electron chi connectivity index (χ2n) is 10.5. The average Bonchev–Trinajstić information content (AvgIpc) is 2.93. The van der Waals surface area contributed by atoms with E-state index in [1.165, 1.54) is 0 Å². The summed E-state index contributed by atoms with van der Waals surface area (Å²) in [7, 11) is 0. The molecule has 0 saturated carbocycles. The average molecular weight is 623 g/mol. The summed E-state index contributed by atoms with van der Waals surface area (Å²) in [5.74, 6) is -0.263. The summed E-state index contributed by atoms with van der Waals surface area (Å²) >= 11 is 0. The van der Waals surface area contributed by atoms with Gasteiger partial charge >= 0.3 is 6.09 Å². The third kappa shape index (κ3) is 28.4. The van der Waals surface area contributed by atoms with Crippen molar-refractivity contribution in [2.45, 2.75) is 26.4 Å². The van der Waals surface area contributed by atoms with Crippen molar-refractivity contribution >= 4 is 17.9 Å². The number of amides is 3. The molecule has 0 spiro atoms. The predicted octanol–water partition coefficient (Wildman–Crippen LogP) is -2.71. The fourth-order valence-corrected chi connectivity index (χ4v) is 3.50. The molecule has 0 unspecified atom stereocenters. The lowest BCUT2D eigenvalue weighted by Gasteiger charge is -2.26. The zero-order chi connectivity index (χ0) is 32.2. The summed E-state index contributed by atoms with van der Waals surface area (Å²) in [6.45, 7) is 13.6. The molecule has 0 radical (unpaired) electrons. The highest BCUT2D eigenvalue weighted by molar-refractivity contribution is 5.78. The van der Waals surface area contributed by atoms with Crippen molar-refractivity contribution in [2.24, 2.45) is 17.2 Å². The first-order valence-corrected chi connectivity index (χ1v) is 15.0. The Morgan fingerprint density at radius 3 is 1.33 bits per heavy atom. The maximum atomic E-state index is 12.4. The number of hydrogen-bond acceptors (Lipinski definition) is 13. The van der Waals surface area contributed by atoms with Crippen LogP contribution in [-0.2, 0) is 33.3 Å². The van der Waals surface area contributed by atoms with Gasteiger partial charge in [-0.1, -0.05) is 0 Å². The fourth-order valence-electron chi connectivity index (χ4n) is 3.50. The van der Waals surface area contributed by atoms with Crippen LogP contribution in [0.15, 0.2) is 0 Å². The van der Waals surface area contributed by atoms with Crippen LogP contribution in [-0.4, -0.2) is 165 Å². The first-order valence-electron chi connectivity index (χ1n) is 15.0. The largest absolute Gasteiger partial charge is 0.444 e. The Hall–Kier alpha value is -2.15. The maximum absolute atomic E-state index is 12.4. The molecule has 16 heteroatoms. The van der Waals surface area contributed by atoms with E-state index in [2.05, 4.69) is 16.0 Å².